The number of nitrogens with zero attached hydrogens (tertiary/aromatic N) is 3. The Labute approximate surface area is 188 Å². The molecule has 33 heavy (non-hydrogen) atoms. The fourth-order valence-electron chi connectivity index (χ4n) is 3.48. The summed E-state index contributed by atoms with van der Waals surface area (Å²) in [4.78, 5) is 29.0. The number of aromatic nitrogens is 3. The number of aliphatic hydroxyl groups is 1. The fraction of sp³-hybridized carbons (Fsp3) is 0.0833. The Kier molecular flexibility index (Phi) is 5.77. The number of aliphatic hydroxyl groups excluding tert-OH is 1. The van der Waals surface area contributed by atoms with Crippen LogP contribution in [0.1, 0.15) is 5.56 Å². The summed E-state index contributed by atoms with van der Waals surface area (Å²) in [6.45, 7) is 1.99. The highest BCUT2D eigenvalue weighted by Crippen LogP contribution is 2.31. The molecule has 0 aliphatic carbocycles. The minimum absolute atomic E-state index is 0.290. The first-order chi connectivity index (χ1) is 15.9. The predicted octanol–water partition coefficient (Wildman–Crippen LogP) is 3.06. The van der Waals surface area contributed by atoms with Crippen LogP contribution in [0.5, 0.6) is 5.75 Å². The van der Waals surface area contributed by atoms with Gasteiger partial charge in [-0.2, -0.15) is 9.78 Å². The molecule has 2 aromatic carbocycles. The lowest BCUT2D eigenvalue weighted by Gasteiger charge is -2.11. The van der Waals surface area contributed by atoms with E-state index in [1.54, 1.807) is 31.5 Å². The first-order valence-corrected chi connectivity index (χ1v) is 9.96. The van der Waals surface area contributed by atoms with E-state index >= 15 is 0 Å². The number of nitrogens with one attached hydrogen (secondary N) is 1. The van der Waals surface area contributed by atoms with Crippen molar-refractivity contribution < 1.29 is 14.6 Å². The van der Waals surface area contributed by atoms with E-state index in [-0.39, 0.29) is 11.3 Å². The van der Waals surface area contributed by atoms with Gasteiger partial charge in [0.25, 0.3) is 11.5 Å². The van der Waals surface area contributed by atoms with Gasteiger partial charge in [-0.25, -0.2) is 4.98 Å². The lowest BCUT2D eigenvalue weighted by Crippen LogP contribution is -2.22. The number of carbonyl (C=O) groups excluding carboxylic acids is 1. The van der Waals surface area contributed by atoms with E-state index in [2.05, 4.69) is 15.4 Å². The number of hydrogen-bond acceptors (Lipinski definition) is 7. The normalized spacial score (nSPS) is 11.4. The highest BCUT2D eigenvalue weighted by Gasteiger charge is 2.12. The number of amides is 1. The fourth-order valence-corrected chi connectivity index (χ4v) is 3.48. The standard InChI is InChI=1S/C24H21N5O4/c1-14-18(4-3-5-21(14)33-2)15-6-8-19-16(10-15)11-27-29(24(19)32)22-9-7-17(12-26-22)28-23(31)20(25)13-30/h3-13,30H,25H2,1-2H3,(H,28,31)/b20-13-. The summed E-state index contributed by atoms with van der Waals surface area (Å²) in [5, 5.41) is 16.7. The molecule has 0 bridgehead atoms. The minimum Gasteiger partial charge on any atom is -0.513 e. The average Bonchev–Trinajstić information content (AvgIpc) is 2.84. The van der Waals surface area contributed by atoms with Crippen molar-refractivity contribution in [3.8, 4) is 22.7 Å². The van der Waals surface area contributed by atoms with Crippen molar-refractivity contribution in [2.24, 2.45) is 5.73 Å². The van der Waals surface area contributed by atoms with Crippen LogP contribution in [0, 0.1) is 6.92 Å². The first kappa shape index (κ1) is 21.6. The lowest BCUT2D eigenvalue weighted by atomic mass is 9.98. The second kappa shape index (κ2) is 8.83. The van der Waals surface area contributed by atoms with Crippen LogP contribution in [0.15, 0.2) is 77.7 Å². The van der Waals surface area contributed by atoms with Crippen LogP contribution in [-0.4, -0.2) is 32.9 Å². The molecule has 0 saturated heterocycles. The number of pyridine rings is 1. The van der Waals surface area contributed by atoms with Gasteiger partial charge in [0, 0.05) is 5.39 Å². The summed E-state index contributed by atoms with van der Waals surface area (Å²) in [5.41, 5.74) is 8.00. The molecule has 0 fully saturated rings. The van der Waals surface area contributed by atoms with Gasteiger partial charge < -0.3 is 20.9 Å². The maximum absolute atomic E-state index is 13.1. The van der Waals surface area contributed by atoms with Crippen LogP contribution >= 0.6 is 0 Å². The van der Waals surface area contributed by atoms with Crippen molar-refractivity contribution in [3.63, 3.8) is 0 Å². The molecule has 4 aromatic rings. The molecule has 4 rings (SSSR count). The Morgan fingerprint density at radius 2 is 2.00 bits per heavy atom. The number of benzene rings is 2. The quantitative estimate of drug-likeness (QED) is 0.319. The molecule has 0 radical (unpaired) electrons. The third-order valence-electron chi connectivity index (χ3n) is 5.23. The van der Waals surface area contributed by atoms with Gasteiger partial charge in [-0.3, -0.25) is 9.59 Å². The topological polar surface area (TPSA) is 132 Å². The van der Waals surface area contributed by atoms with Gasteiger partial charge in [0.2, 0.25) is 0 Å². The number of ether oxygens (including phenoxy) is 1. The molecule has 9 nitrogen and oxygen atoms in total. The summed E-state index contributed by atoms with van der Waals surface area (Å²) in [5.74, 6) is 0.412. The highest BCUT2D eigenvalue weighted by molar-refractivity contribution is 6.02. The molecule has 9 heteroatoms. The number of rotatable bonds is 5. The largest absolute Gasteiger partial charge is 0.513 e. The molecule has 1 amide bonds. The van der Waals surface area contributed by atoms with E-state index in [0.717, 1.165) is 22.4 Å². The van der Waals surface area contributed by atoms with Crippen LogP contribution in [-0.2, 0) is 4.79 Å². The van der Waals surface area contributed by atoms with E-state index in [4.69, 9.17) is 15.6 Å². The zero-order valence-electron chi connectivity index (χ0n) is 17.9. The monoisotopic (exact) mass is 443 g/mol. The summed E-state index contributed by atoms with van der Waals surface area (Å²) in [7, 11) is 1.63. The summed E-state index contributed by atoms with van der Waals surface area (Å²) in [6, 6.07) is 14.5. The molecule has 0 spiro atoms. The van der Waals surface area contributed by atoms with Crippen LogP contribution in [0.4, 0.5) is 5.69 Å². The maximum Gasteiger partial charge on any atom is 0.280 e. The Bertz CT molecular complexity index is 1440. The molecule has 0 atom stereocenters. The first-order valence-electron chi connectivity index (χ1n) is 9.96. The van der Waals surface area contributed by atoms with Gasteiger partial charge in [0.15, 0.2) is 5.82 Å². The van der Waals surface area contributed by atoms with Crippen molar-refractivity contribution in [2.45, 2.75) is 6.92 Å². The van der Waals surface area contributed by atoms with E-state index < -0.39 is 5.91 Å². The van der Waals surface area contributed by atoms with Crippen LogP contribution in [0.25, 0.3) is 27.7 Å². The molecule has 4 N–H and O–H groups in total. The third kappa shape index (κ3) is 4.11. The number of methoxy groups -OCH3 is 1. The SMILES string of the molecule is COc1cccc(-c2ccc3c(=O)n(-c4ccc(NC(=O)/C(N)=C/O)cn4)ncc3c2)c1C. The molecule has 0 aliphatic heterocycles. The number of nitrogens with two attached hydrogens (primary N) is 1. The van der Waals surface area contributed by atoms with E-state index in [0.29, 0.717) is 28.5 Å². The summed E-state index contributed by atoms with van der Waals surface area (Å²) in [6.07, 6.45) is 3.49. The number of anilines is 1. The predicted molar refractivity (Wildman–Crippen MR) is 125 cm³/mol. The highest BCUT2D eigenvalue weighted by atomic mass is 16.5. The van der Waals surface area contributed by atoms with Gasteiger partial charge in [0.1, 0.15) is 17.7 Å². The van der Waals surface area contributed by atoms with Crippen molar-refractivity contribution in [1.82, 2.24) is 14.8 Å². The van der Waals surface area contributed by atoms with Gasteiger partial charge in [-0.05, 0) is 53.9 Å². The zero-order chi connectivity index (χ0) is 23.5. The zero-order valence-corrected chi connectivity index (χ0v) is 17.9. The Morgan fingerprint density at radius 1 is 1.18 bits per heavy atom. The lowest BCUT2D eigenvalue weighted by molar-refractivity contribution is -0.113. The van der Waals surface area contributed by atoms with Crippen molar-refractivity contribution in [3.05, 3.63) is 88.8 Å². The number of carbonyl (C=O) groups is 1. The van der Waals surface area contributed by atoms with Crippen molar-refractivity contribution >= 4 is 22.4 Å². The van der Waals surface area contributed by atoms with Gasteiger partial charge >= 0.3 is 0 Å². The minimum atomic E-state index is -0.671. The molecule has 0 unspecified atom stereocenters. The number of hydrogen-bond donors (Lipinski definition) is 3. The second-order valence-electron chi connectivity index (χ2n) is 7.24. The van der Waals surface area contributed by atoms with Crippen LogP contribution in [0.2, 0.25) is 0 Å². The molecule has 0 saturated carbocycles. The smallest absolute Gasteiger partial charge is 0.280 e. The van der Waals surface area contributed by atoms with Crippen molar-refractivity contribution in [1.29, 1.82) is 0 Å². The average molecular weight is 443 g/mol. The molecular weight excluding hydrogens is 422 g/mol. The van der Waals surface area contributed by atoms with Crippen LogP contribution < -0.4 is 21.3 Å². The molecule has 0 aliphatic rings. The molecule has 166 valence electrons. The maximum atomic E-state index is 13.1. The molecule has 2 heterocycles. The second-order valence-corrected chi connectivity index (χ2v) is 7.24. The van der Waals surface area contributed by atoms with E-state index in [9.17, 15) is 9.59 Å². The number of fused-ring (bicyclic) bond motifs is 1. The van der Waals surface area contributed by atoms with Crippen LogP contribution in [0.3, 0.4) is 0 Å². The summed E-state index contributed by atoms with van der Waals surface area (Å²) < 4.78 is 6.60. The Morgan fingerprint density at radius 3 is 2.70 bits per heavy atom. The third-order valence-corrected chi connectivity index (χ3v) is 5.23. The molecule has 2 aromatic heterocycles. The van der Waals surface area contributed by atoms with Gasteiger partial charge in [-0.15, -0.1) is 0 Å². The van der Waals surface area contributed by atoms with Gasteiger partial charge in [-0.1, -0.05) is 18.2 Å². The Balaban J connectivity index is 1.67. The van der Waals surface area contributed by atoms with E-state index in [1.165, 1.54) is 10.9 Å². The van der Waals surface area contributed by atoms with Crippen molar-refractivity contribution in [2.75, 3.05) is 12.4 Å². The van der Waals surface area contributed by atoms with Gasteiger partial charge in [0.05, 0.1) is 30.6 Å². The molecular formula is C24H21N5O4. The Hall–Kier alpha value is -4.66. The van der Waals surface area contributed by atoms with E-state index in [1.807, 2.05) is 37.3 Å². The summed E-state index contributed by atoms with van der Waals surface area (Å²) >= 11 is 0.